The molecule has 0 radical (unpaired) electrons. The van der Waals surface area contributed by atoms with Gasteiger partial charge in [-0.1, -0.05) is 6.07 Å². The number of ether oxygens (including phenoxy) is 2. The summed E-state index contributed by atoms with van der Waals surface area (Å²) in [6, 6.07) is 10.1. The molecule has 0 unspecified atom stereocenters. The van der Waals surface area contributed by atoms with Crippen LogP contribution in [0, 0.1) is 6.92 Å². The minimum Gasteiger partial charge on any atom is -0.490 e. The number of halogens is 3. The van der Waals surface area contributed by atoms with Crippen molar-refractivity contribution in [1.82, 2.24) is 21.0 Å². The molecular weight excluding hydrogens is 505 g/mol. The molecule has 0 saturated heterocycles. The first-order valence-electron chi connectivity index (χ1n) is 11.4. The predicted molar refractivity (Wildman–Crippen MR) is 136 cm³/mol. The van der Waals surface area contributed by atoms with Crippen LogP contribution in [0.15, 0.2) is 54.7 Å². The van der Waals surface area contributed by atoms with E-state index in [0.717, 1.165) is 23.8 Å². The van der Waals surface area contributed by atoms with E-state index in [1.54, 1.807) is 31.3 Å². The van der Waals surface area contributed by atoms with E-state index in [9.17, 15) is 22.8 Å². The highest BCUT2D eigenvalue weighted by molar-refractivity contribution is 5.92. The molecule has 0 bridgehead atoms. The maximum atomic E-state index is 13.2. The number of carbonyl (C=O) groups excluding carboxylic acids is 2. The Morgan fingerprint density at radius 2 is 1.79 bits per heavy atom. The van der Waals surface area contributed by atoms with Gasteiger partial charge >= 0.3 is 12.2 Å². The maximum Gasteiger partial charge on any atom is 0.416 e. The summed E-state index contributed by atoms with van der Waals surface area (Å²) in [6.45, 7) is 2.45. The van der Waals surface area contributed by atoms with Gasteiger partial charge in [0.15, 0.2) is 0 Å². The van der Waals surface area contributed by atoms with Crippen molar-refractivity contribution in [2.75, 3.05) is 38.0 Å². The van der Waals surface area contributed by atoms with Gasteiger partial charge in [0.1, 0.15) is 29.5 Å². The molecule has 0 aliphatic heterocycles. The molecule has 1 heterocycles. The van der Waals surface area contributed by atoms with Gasteiger partial charge in [0.25, 0.3) is 5.91 Å². The fourth-order valence-electron chi connectivity index (χ4n) is 3.12. The van der Waals surface area contributed by atoms with Gasteiger partial charge in [0.05, 0.1) is 16.9 Å². The van der Waals surface area contributed by atoms with E-state index in [-0.39, 0.29) is 29.6 Å². The second kappa shape index (κ2) is 12.6. The van der Waals surface area contributed by atoms with E-state index in [0.29, 0.717) is 23.7 Å². The topological polar surface area (TPSA) is 126 Å². The third kappa shape index (κ3) is 7.74. The highest BCUT2D eigenvalue weighted by Crippen LogP contribution is 2.35. The van der Waals surface area contributed by atoms with Crippen molar-refractivity contribution in [1.29, 1.82) is 0 Å². The van der Waals surface area contributed by atoms with Crippen LogP contribution in [0.25, 0.3) is 0 Å². The molecule has 2 aromatic carbocycles. The van der Waals surface area contributed by atoms with Gasteiger partial charge in [-0.25, -0.2) is 4.79 Å². The third-order valence-electron chi connectivity index (χ3n) is 5.09. The first-order chi connectivity index (χ1) is 18.1. The molecule has 1 aromatic heterocycles. The lowest BCUT2D eigenvalue weighted by atomic mass is 10.2. The summed E-state index contributed by atoms with van der Waals surface area (Å²) in [6.07, 6.45) is -3.16. The number of nitrogens with zero attached hydrogens (tertiary/aromatic N) is 1. The van der Waals surface area contributed by atoms with Gasteiger partial charge in [0, 0.05) is 31.9 Å². The number of anilines is 2. The molecule has 0 saturated carbocycles. The fourth-order valence-corrected chi connectivity index (χ4v) is 3.12. The number of hydrogen-bond donors (Lipinski definition) is 5. The number of rotatable bonds is 10. The summed E-state index contributed by atoms with van der Waals surface area (Å²) in [5.74, 6) is 0.529. The number of hydrazine groups is 1. The van der Waals surface area contributed by atoms with Gasteiger partial charge in [-0.3, -0.25) is 20.6 Å². The highest BCUT2D eigenvalue weighted by atomic mass is 19.4. The predicted octanol–water partition coefficient (Wildman–Crippen LogP) is 4.31. The van der Waals surface area contributed by atoms with Crippen LogP contribution >= 0.6 is 0 Å². The molecule has 0 fully saturated rings. The molecule has 38 heavy (non-hydrogen) atoms. The van der Waals surface area contributed by atoms with Crippen LogP contribution in [0.2, 0.25) is 0 Å². The quantitative estimate of drug-likeness (QED) is 0.195. The maximum absolute atomic E-state index is 13.2. The van der Waals surface area contributed by atoms with Crippen LogP contribution in [-0.2, 0) is 6.18 Å². The molecule has 0 aliphatic rings. The van der Waals surface area contributed by atoms with Crippen molar-refractivity contribution in [3.8, 4) is 17.2 Å². The molecule has 5 N–H and O–H groups in total. The second-order valence-electron chi connectivity index (χ2n) is 7.90. The Morgan fingerprint density at radius 1 is 1.00 bits per heavy atom. The highest BCUT2D eigenvalue weighted by Gasteiger charge is 2.31. The summed E-state index contributed by atoms with van der Waals surface area (Å²) >= 11 is 0. The normalized spacial score (nSPS) is 10.9. The molecule has 202 valence electrons. The lowest BCUT2D eigenvalue weighted by Crippen LogP contribution is -2.33. The first kappa shape index (κ1) is 28.1. The van der Waals surface area contributed by atoms with Crippen LogP contribution in [0.5, 0.6) is 17.2 Å². The van der Waals surface area contributed by atoms with Gasteiger partial charge in [-0.2, -0.15) is 13.2 Å². The van der Waals surface area contributed by atoms with Crippen LogP contribution in [0.4, 0.5) is 29.3 Å². The SMILES string of the molecule is CNCCOc1ccc(C(F)(F)F)cc1NC(=O)NNc1ccc(C)c(Oc2ccnc(C(=O)NC)c2)c1. The molecule has 3 aromatic rings. The van der Waals surface area contributed by atoms with E-state index >= 15 is 0 Å². The Hall–Kier alpha value is -4.52. The molecule has 10 nitrogen and oxygen atoms in total. The molecule has 3 amide bonds. The number of aromatic nitrogens is 1. The van der Waals surface area contributed by atoms with Crippen molar-refractivity contribution in [2.24, 2.45) is 0 Å². The number of likely N-dealkylation sites (N-methyl/N-ethyl adjacent to an activating group) is 1. The summed E-state index contributed by atoms with van der Waals surface area (Å²) in [4.78, 5) is 28.3. The molecule has 13 heteroatoms. The van der Waals surface area contributed by atoms with Crippen molar-refractivity contribution in [3.63, 3.8) is 0 Å². The number of nitrogens with one attached hydrogen (secondary N) is 5. The number of aryl methyl sites for hydroxylation is 1. The van der Waals surface area contributed by atoms with E-state index < -0.39 is 17.8 Å². The lowest BCUT2D eigenvalue weighted by molar-refractivity contribution is -0.137. The molecular formula is C25H27F3N6O4. The van der Waals surface area contributed by atoms with Gasteiger partial charge in [0.2, 0.25) is 0 Å². The number of hydrogen-bond acceptors (Lipinski definition) is 7. The average Bonchev–Trinajstić information content (AvgIpc) is 2.89. The van der Waals surface area contributed by atoms with Crippen molar-refractivity contribution < 1.29 is 32.2 Å². The molecule has 0 aliphatic carbocycles. The minimum atomic E-state index is -4.59. The van der Waals surface area contributed by atoms with Gasteiger partial charge in [-0.05, 0) is 49.9 Å². The number of carbonyl (C=O) groups is 2. The lowest BCUT2D eigenvalue weighted by Gasteiger charge is -2.16. The van der Waals surface area contributed by atoms with E-state index in [4.69, 9.17) is 9.47 Å². The van der Waals surface area contributed by atoms with E-state index in [2.05, 4.69) is 31.8 Å². The zero-order valence-corrected chi connectivity index (χ0v) is 20.8. The second-order valence-corrected chi connectivity index (χ2v) is 7.90. The first-order valence-corrected chi connectivity index (χ1v) is 11.4. The van der Waals surface area contributed by atoms with Crippen LogP contribution in [0.1, 0.15) is 21.6 Å². The Morgan fingerprint density at radius 3 is 2.50 bits per heavy atom. The molecule has 0 spiro atoms. The van der Waals surface area contributed by atoms with Gasteiger partial charge in [-0.15, -0.1) is 0 Å². The van der Waals surface area contributed by atoms with E-state index in [1.807, 2.05) is 6.92 Å². The number of urea groups is 1. The summed E-state index contributed by atoms with van der Waals surface area (Å²) in [5, 5.41) is 7.72. The smallest absolute Gasteiger partial charge is 0.416 e. The van der Waals surface area contributed by atoms with Crippen molar-refractivity contribution in [3.05, 3.63) is 71.5 Å². The van der Waals surface area contributed by atoms with Crippen LogP contribution in [0.3, 0.4) is 0 Å². The Bertz CT molecular complexity index is 1290. The number of amides is 3. The van der Waals surface area contributed by atoms with Crippen LogP contribution < -0.4 is 36.3 Å². The standard InChI is InChI=1S/C25H27F3N6O4/c1-15-4-6-17(13-22(15)38-18-8-9-31-20(14-18)23(35)30-3)33-34-24(36)32-19-12-16(25(26,27)28)5-7-21(19)37-11-10-29-2/h4-9,12-14,29,33H,10-11H2,1-3H3,(H,30,35)(H2,32,34,36). The zero-order chi connectivity index (χ0) is 27.7. The van der Waals surface area contributed by atoms with Crippen molar-refractivity contribution >= 4 is 23.3 Å². The fraction of sp³-hybridized carbons (Fsp3) is 0.240. The zero-order valence-electron chi connectivity index (χ0n) is 20.8. The number of pyridine rings is 1. The number of benzene rings is 2. The van der Waals surface area contributed by atoms with Gasteiger partial charge < -0.3 is 25.4 Å². The Balaban J connectivity index is 1.69. The average molecular weight is 533 g/mol. The van der Waals surface area contributed by atoms with Crippen molar-refractivity contribution in [2.45, 2.75) is 13.1 Å². The molecule has 3 rings (SSSR count). The van der Waals surface area contributed by atoms with E-state index in [1.165, 1.54) is 19.3 Å². The molecule has 0 atom stereocenters. The summed E-state index contributed by atoms with van der Waals surface area (Å²) in [7, 11) is 3.19. The Labute approximate surface area is 216 Å². The van der Waals surface area contributed by atoms with Crippen LogP contribution in [-0.4, -0.2) is 44.2 Å². The summed E-state index contributed by atoms with van der Waals surface area (Å²) in [5.41, 5.74) is 5.35. The monoisotopic (exact) mass is 532 g/mol. The largest absolute Gasteiger partial charge is 0.490 e. The summed E-state index contributed by atoms with van der Waals surface area (Å²) < 4.78 is 50.9. The third-order valence-corrected chi connectivity index (χ3v) is 5.09. The number of alkyl halides is 3. The minimum absolute atomic E-state index is 0.0860. The Kier molecular flexibility index (Phi) is 9.33.